The van der Waals surface area contributed by atoms with E-state index in [1.165, 1.54) is 53.4 Å². The summed E-state index contributed by atoms with van der Waals surface area (Å²) in [6.07, 6.45) is -0.845. The Balaban J connectivity index is 1.56. The molecule has 8 amide bonds. The van der Waals surface area contributed by atoms with Crippen molar-refractivity contribution in [2.24, 2.45) is 23.1 Å². The topological polar surface area (TPSA) is 356 Å². The van der Waals surface area contributed by atoms with Gasteiger partial charge in [-0.2, -0.15) is 0 Å². The average Bonchev–Trinajstić information content (AvgIpc) is 3.80. The first-order valence-corrected chi connectivity index (χ1v) is 22.7. The summed E-state index contributed by atoms with van der Waals surface area (Å²) in [5.74, 6) is -8.24. The minimum absolute atomic E-state index is 0.0108. The highest BCUT2D eigenvalue weighted by Gasteiger charge is 2.39. The number of carbonyl (C=O) groups is 9. The van der Waals surface area contributed by atoms with Crippen LogP contribution in [0.5, 0.6) is 11.5 Å². The molecule has 1 aliphatic rings. The molecule has 14 N–H and O–H groups in total. The molecule has 0 spiro atoms. The van der Waals surface area contributed by atoms with E-state index in [4.69, 9.17) is 17.2 Å². The fourth-order valence-corrected chi connectivity index (χ4v) is 7.79. The second kappa shape index (κ2) is 26.1. The minimum atomic E-state index is -1.51. The highest BCUT2D eigenvalue weighted by atomic mass is 16.4. The number of rotatable bonds is 26. The number of hydrogen-bond donors (Lipinski definition) is 11. The van der Waals surface area contributed by atoms with Gasteiger partial charge in [-0.25, -0.2) is 4.79 Å². The number of carbonyl (C=O) groups excluding carboxylic acids is 8. The van der Waals surface area contributed by atoms with Crippen LogP contribution in [0.15, 0.2) is 78.9 Å². The zero-order valence-electron chi connectivity index (χ0n) is 38.6. The molecule has 21 heteroatoms. The molecule has 1 saturated heterocycles. The molecule has 69 heavy (non-hydrogen) atoms. The number of primary amides is 2. The van der Waals surface area contributed by atoms with Crippen molar-refractivity contribution >= 4 is 53.2 Å². The highest BCUT2D eigenvalue weighted by Crippen LogP contribution is 2.21. The van der Waals surface area contributed by atoms with Gasteiger partial charge in [0.15, 0.2) is 0 Å². The molecule has 1 fully saturated rings. The van der Waals surface area contributed by atoms with Crippen molar-refractivity contribution in [3.05, 3.63) is 95.6 Å². The van der Waals surface area contributed by atoms with E-state index in [0.29, 0.717) is 17.5 Å². The fourth-order valence-electron chi connectivity index (χ4n) is 7.79. The lowest BCUT2D eigenvalue weighted by molar-refractivity contribution is -0.142. The van der Waals surface area contributed by atoms with Crippen LogP contribution in [0.2, 0.25) is 0 Å². The number of amides is 8. The maximum Gasteiger partial charge on any atom is 0.326 e. The number of carboxylic acid groups (broad SMARTS) is 1. The van der Waals surface area contributed by atoms with Crippen molar-refractivity contribution in [3.8, 4) is 11.5 Å². The van der Waals surface area contributed by atoms with E-state index >= 15 is 0 Å². The molecule has 1 aliphatic heterocycles. The van der Waals surface area contributed by atoms with Gasteiger partial charge in [0.05, 0.1) is 6.04 Å². The van der Waals surface area contributed by atoms with E-state index in [2.05, 4.69) is 26.6 Å². The van der Waals surface area contributed by atoms with Gasteiger partial charge in [-0.1, -0.05) is 68.4 Å². The third-order valence-corrected chi connectivity index (χ3v) is 11.4. The number of benzene rings is 3. The van der Waals surface area contributed by atoms with E-state index in [1.807, 2.05) is 30.3 Å². The molecule has 372 valence electrons. The molecular weight excluding hydrogens is 895 g/mol. The summed E-state index contributed by atoms with van der Waals surface area (Å²) in [7, 11) is 0. The van der Waals surface area contributed by atoms with Crippen LogP contribution in [-0.4, -0.2) is 122 Å². The molecule has 0 radical (unpaired) electrons. The highest BCUT2D eigenvalue weighted by molar-refractivity contribution is 5.97. The average molecular weight is 958 g/mol. The van der Waals surface area contributed by atoms with E-state index in [-0.39, 0.29) is 81.7 Å². The summed E-state index contributed by atoms with van der Waals surface area (Å²) in [5, 5.41) is 42.3. The first-order valence-electron chi connectivity index (χ1n) is 22.7. The number of nitrogens with two attached hydrogens (primary N) is 3. The zero-order chi connectivity index (χ0) is 50.8. The van der Waals surface area contributed by atoms with Gasteiger partial charge in [0.2, 0.25) is 47.3 Å². The Morgan fingerprint density at radius 2 is 1.03 bits per heavy atom. The lowest BCUT2D eigenvalue weighted by Gasteiger charge is -2.29. The van der Waals surface area contributed by atoms with E-state index in [0.717, 1.165) is 5.56 Å². The lowest BCUT2D eigenvalue weighted by atomic mass is 9.99. The summed E-state index contributed by atoms with van der Waals surface area (Å²) in [4.78, 5) is 121. The van der Waals surface area contributed by atoms with Gasteiger partial charge in [0.25, 0.3) is 0 Å². The SMILES string of the molecule is CC(C)CC(NC(=O)C(Cc1ccc(O)cc1)NC(=O)C(CCC(N)=O)NC(=O)C1CCCN1C(=O)C(N)Cc1ccccc1)C(=O)NC(CCC(N)=O)C(=O)NC(Cc1ccc(O)cc1)C(=O)O. The monoisotopic (exact) mass is 957 g/mol. The number of carboxylic acids is 1. The van der Waals surface area contributed by atoms with E-state index in [1.54, 1.807) is 13.8 Å². The Hall–Kier alpha value is -7.55. The Morgan fingerprint density at radius 1 is 0.594 bits per heavy atom. The van der Waals surface area contributed by atoms with Crippen LogP contribution in [-0.2, 0) is 62.4 Å². The number of aromatic hydroxyl groups is 2. The number of likely N-dealkylation sites (tertiary alicyclic amines) is 1. The predicted molar refractivity (Wildman–Crippen MR) is 250 cm³/mol. The molecule has 7 unspecified atom stereocenters. The summed E-state index contributed by atoms with van der Waals surface area (Å²) >= 11 is 0. The van der Waals surface area contributed by atoms with Crippen LogP contribution < -0.4 is 43.8 Å². The van der Waals surface area contributed by atoms with Gasteiger partial charge >= 0.3 is 5.97 Å². The molecular formula is C48H63N9O12. The molecule has 4 rings (SSSR count). The summed E-state index contributed by atoms with van der Waals surface area (Å²) in [6.45, 7) is 3.74. The van der Waals surface area contributed by atoms with Crippen LogP contribution in [0.3, 0.4) is 0 Å². The molecule has 7 atom stereocenters. The number of phenolic OH excluding ortho intramolecular Hbond substituents is 2. The van der Waals surface area contributed by atoms with Crippen LogP contribution in [0.4, 0.5) is 0 Å². The first kappa shape index (κ1) is 54.1. The summed E-state index contributed by atoms with van der Waals surface area (Å²) in [5.41, 5.74) is 18.8. The molecule has 0 aromatic heterocycles. The lowest BCUT2D eigenvalue weighted by Crippen LogP contribution is -2.60. The molecule has 3 aromatic carbocycles. The van der Waals surface area contributed by atoms with Crippen LogP contribution >= 0.6 is 0 Å². The van der Waals surface area contributed by atoms with Gasteiger partial charge in [0, 0.05) is 32.2 Å². The zero-order valence-corrected chi connectivity index (χ0v) is 38.6. The van der Waals surface area contributed by atoms with E-state index < -0.39 is 95.5 Å². The molecule has 0 saturated carbocycles. The molecule has 3 aromatic rings. The third-order valence-electron chi connectivity index (χ3n) is 11.4. The molecule has 21 nitrogen and oxygen atoms in total. The van der Waals surface area contributed by atoms with Crippen molar-refractivity contribution < 1.29 is 58.5 Å². The predicted octanol–water partition coefficient (Wildman–Crippen LogP) is -0.470. The van der Waals surface area contributed by atoms with Gasteiger partial charge in [-0.05, 0) is 85.4 Å². The normalized spacial score (nSPS) is 15.9. The summed E-state index contributed by atoms with van der Waals surface area (Å²) in [6, 6.07) is 11.2. The van der Waals surface area contributed by atoms with Gasteiger partial charge in [-0.15, -0.1) is 0 Å². The number of nitrogens with one attached hydrogen (secondary N) is 5. The number of phenols is 2. The van der Waals surface area contributed by atoms with Crippen LogP contribution in [0.25, 0.3) is 0 Å². The van der Waals surface area contributed by atoms with Crippen molar-refractivity contribution in [1.82, 2.24) is 31.5 Å². The third kappa shape index (κ3) is 17.6. The molecule has 0 bridgehead atoms. The number of aliphatic carboxylic acids is 1. The maximum absolute atomic E-state index is 14.3. The maximum atomic E-state index is 14.3. The number of nitrogens with zero attached hydrogens (tertiary/aromatic N) is 1. The summed E-state index contributed by atoms with van der Waals surface area (Å²) < 4.78 is 0. The standard InChI is InChI=1S/C48H63N9O12/c1-27(2)23-36(44(64)52-34(18-20-40(50)60)43(63)56-38(48(68)69)26-30-12-16-32(59)17-13-30)54-45(65)37(25-29-10-14-31(58)15-11-29)55-42(62)35(19-21-41(51)61)53-46(66)39-9-6-22-57(39)47(67)33(49)24-28-7-4-3-5-8-28/h3-5,7-8,10-17,27,33-39,58-59H,6,9,18-26,49H2,1-2H3,(H2,50,60)(H2,51,61)(H,52,64)(H,53,66)(H,54,65)(H,55,62)(H,56,63)(H,68,69). The number of hydrogen-bond acceptors (Lipinski definition) is 12. The first-order chi connectivity index (χ1) is 32.7. The van der Waals surface area contributed by atoms with E-state index in [9.17, 15) is 58.5 Å². The Bertz CT molecular complexity index is 2280. The molecule has 1 heterocycles. The molecule has 0 aliphatic carbocycles. The van der Waals surface area contributed by atoms with Crippen molar-refractivity contribution in [2.75, 3.05) is 6.54 Å². The smallest absolute Gasteiger partial charge is 0.326 e. The van der Waals surface area contributed by atoms with Crippen LogP contribution in [0, 0.1) is 5.92 Å². The van der Waals surface area contributed by atoms with Crippen molar-refractivity contribution in [1.29, 1.82) is 0 Å². The fraction of sp³-hybridized carbons (Fsp3) is 0.438. The van der Waals surface area contributed by atoms with Gasteiger partial charge in [0.1, 0.15) is 47.8 Å². The van der Waals surface area contributed by atoms with Crippen molar-refractivity contribution in [2.45, 2.75) is 120 Å². The van der Waals surface area contributed by atoms with Crippen LogP contribution in [0.1, 0.15) is 75.5 Å². The van der Waals surface area contributed by atoms with Crippen molar-refractivity contribution in [3.63, 3.8) is 0 Å². The Kier molecular flexibility index (Phi) is 20.5. The minimum Gasteiger partial charge on any atom is -0.508 e. The second-order valence-electron chi connectivity index (χ2n) is 17.5. The quantitative estimate of drug-likeness (QED) is 0.0486. The van der Waals surface area contributed by atoms with Gasteiger partial charge < -0.3 is 64.0 Å². The second-order valence-corrected chi connectivity index (χ2v) is 17.5. The van der Waals surface area contributed by atoms with Gasteiger partial charge in [-0.3, -0.25) is 38.4 Å². The Labute approximate surface area is 399 Å². The largest absolute Gasteiger partial charge is 0.508 e. The Morgan fingerprint density at radius 3 is 1.54 bits per heavy atom.